The first-order chi connectivity index (χ1) is 13.2. The fourth-order valence-corrected chi connectivity index (χ4v) is 2.64. The molecular weight excluding hydrogens is 340 g/mol. The number of benzene rings is 1. The zero-order chi connectivity index (χ0) is 18.9. The highest BCUT2D eigenvalue weighted by Crippen LogP contribution is 2.12. The van der Waals surface area contributed by atoms with Crippen LogP contribution in [0.2, 0.25) is 0 Å². The number of methoxy groups -OCH3 is 1. The summed E-state index contributed by atoms with van der Waals surface area (Å²) in [5, 5.41) is 1.91. The first kappa shape index (κ1) is 18.5. The lowest BCUT2D eigenvalue weighted by molar-refractivity contribution is 0.0776. The molecule has 6 heteroatoms. The SMILES string of the molecule is COc1ccc(CCN(Cc2ccncc2)NC(=O)c2cccnc2)cc1. The average molecular weight is 362 g/mol. The lowest BCUT2D eigenvalue weighted by Crippen LogP contribution is -2.42. The number of hydrogen-bond acceptors (Lipinski definition) is 5. The smallest absolute Gasteiger partial charge is 0.267 e. The Labute approximate surface area is 158 Å². The maximum absolute atomic E-state index is 12.5. The van der Waals surface area contributed by atoms with Crippen LogP contribution in [0.1, 0.15) is 21.5 Å². The van der Waals surface area contributed by atoms with E-state index in [1.165, 1.54) is 5.56 Å². The number of nitrogens with zero attached hydrogens (tertiary/aromatic N) is 3. The molecule has 0 unspecified atom stereocenters. The molecule has 0 saturated carbocycles. The minimum atomic E-state index is -0.174. The van der Waals surface area contributed by atoms with Crippen LogP contribution in [0.25, 0.3) is 0 Å². The summed E-state index contributed by atoms with van der Waals surface area (Å²) in [6.45, 7) is 1.26. The van der Waals surface area contributed by atoms with Gasteiger partial charge in [-0.3, -0.25) is 20.2 Å². The second-order valence-corrected chi connectivity index (χ2v) is 6.06. The third-order valence-electron chi connectivity index (χ3n) is 4.14. The predicted molar refractivity (Wildman–Crippen MR) is 103 cm³/mol. The van der Waals surface area contributed by atoms with Gasteiger partial charge in [-0.05, 0) is 53.9 Å². The summed E-state index contributed by atoms with van der Waals surface area (Å²) < 4.78 is 5.20. The molecule has 3 rings (SSSR count). The molecule has 3 aromatic rings. The van der Waals surface area contributed by atoms with Crippen molar-refractivity contribution in [1.29, 1.82) is 0 Å². The van der Waals surface area contributed by atoms with Crippen molar-refractivity contribution in [3.05, 3.63) is 90.0 Å². The fourth-order valence-electron chi connectivity index (χ4n) is 2.64. The summed E-state index contributed by atoms with van der Waals surface area (Å²) in [5.74, 6) is 0.657. The van der Waals surface area contributed by atoms with Crippen LogP contribution in [0, 0.1) is 0 Å². The standard InChI is InChI=1S/C21H22N4O2/c1-27-20-6-4-17(5-7-20)10-14-25(16-18-8-12-22-13-9-18)24-21(26)19-3-2-11-23-15-19/h2-9,11-13,15H,10,14,16H2,1H3,(H,24,26). The summed E-state index contributed by atoms with van der Waals surface area (Å²) in [7, 11) is 1.65. The number of rotatable bonds is 8. The van der Waals surface area contributed by atoms with Crippen LogP contribution in [0.5, 0.6) is 5.75 Å². The van der Waals surface area contributed by atoms with Crippen molar-refractivity contribution in [2.75, 3.05) is 13.7 Å². The van der Waals surface area contributed by atoms with Crippen molar-refractivity contribution >= 4 is 5.91 Å². The number of aromatic nitrogens is 2. The molecule has 2 aromatic heterocycles. The van der Waals surface area contributed by atoms with Crippen LogP contribution in [0.15, 0.2) is 73.3 Å². The van der Waals surface area contributed by atoms with Gasteiger partial charge >= 0.3 is 0 Å². The lowest BCUT2D eigenvalue weighted by Gasteiger charge is -2.23. The number of ether oxygens (including phenoxy) is 1. The molecular formula is C21H22N4O2. The molecule has 1 N–H and O–H groups in total. The summed E-state index contributed by atoms with van der Waals surface area (Å²) in [6.07, 6.45) is 7.50. The van der Waals surface area contributed by atoms with Crippen molar-refractivity contribution in [1.82, 2.24) is 20.4 Å². The van der Waals surface area contributed by atoms with Gasteiger partial charge in [0, 0.05) is 37.9 Å². The Hall–Kier alpha value is -3.25. The van der Waals surface area contributed by atoms with Crippen molar-refractivity contribution < 1.29 is 9.53 Å². The van der Waals surface area contributed by atoms with E-state index in [0.717, 1.165) is 17.7 Å². The minimum absolute atomic E-state index is 0.174. The fraction of sp³-hybridized carbons (Fsp3) is 0.190. The molecule has 0 aliphatic heterocycles. The normalized spacial score (nSPS) is 10.6. The zero-order valence-electron chi connectivity index (χ0n) is 15.2. The molecule has 138 valence electrons. The highest BCUT2D eigenvalue weighted by Gasteiger charge is 2.12. The van der Waals surface area contributed by atoms with E-state index in [2.05, 4.69) is 15.4 Å². The zero-order valence-corrected chi connectivity index (χ0v) is 15.2. The van der Waals surface area contributed by atoms with Crippen LogP contribution in [-0.4, -0.2) is 34.5 Å². The lowest BCUT2D eigenvalue weighted by atomic mass is 10.1. The van der Waals surface area contributed by atoms with Gasteiger partial charge in [-0.2, -0.15) is 0 Å². The maximum atomic E-state index is 12.5. The number of carbonyl (C=O) groups is 1. The molecule has 2 heterocycles. The Morgan fingerprint density at radius 3 is 2.44 bits per heavy atom. The molecule has 0 spiro atoms. The number of amides is 1. The van der Waals surface area contributed by atoms with E-state index in [0.29, 0.717) is 18.7 Å². The Kier molecular flexibility index (Phi) is 6.49. The Morgan fingerprint density at radius 2 is 1.78 bits per heavy atom. The van der Waals surface area contributed by atoms with E-state index < -0.39 is 0 Å². The molecule has 0 aliphatic rings. The van der Waals surface area contributed by atoms with E-state index >= 15 is 0 Å². The molecule has 0 radical (unpaired) electrons. The molecule has 0 atom stereocenters. The van der Waals surface area contributed by atoms with Gasteiger partial charge < -0.3 is 4.74 Å². The van der Waals surface area contributed by atoms with E-state index in [4.69, 9.17) is 4.74 Å². The van der Waals surface area contributed by atoms with Gasteiger partial charge in [-0.15, -0.1) is 0 Å². The highest BCUT2D eigenvalue weighted by molar-refractivity contribution is 5.93. The van der Waals surface area contributed by atoms with Crippen LogP contribution in [0.3, 0.4) is 0 Å². The monoisotopic (exact) mass is 362 g/mol. The Bertz CT molecular complexity index is 839. The minimum Gasteiger partial charge on any atom is -0.497 e. The first-order valence-corrected chi connectivity index (χ1v) is 8.72. The Morgan fingerprint density at radius 1 is 1.00 bits per heavy atom. The highest BCUT2D eigenvalue weighted by atomic mass is 16.5. The first-order valence-electron chi connectivity index (χ1n) is 8.72. The number of nitrogens with one attached hydrogen (secondary N) is 1. The maximum Gasteiger partial charge on any atom is 0.267 e. The van der Waals surface area contributed by atoms with Gasteiger partial charge in [0.1, 0.15) is 5.75 Å². The number of carbonyl (C=O) groups excluding carboxylic acids is 1. The van der Waals surface area contributed by atoms with Crippen molar-refractivity contribution in [2.24, 2.45) is 0 Å². The number of hydrazine groups is 1. The molecule has 6 nitrogen and oxygen atoms in total. The van der Waals surface area contributed by atoms with Crippen LogP contribution in [0.4, 0.5) is 0 Å². The summed E-state index contributed by atoms with van der Waals surface area (Å²) >= 11 is 0. The molecule has 0 bridgehead atoms. The van der Waals surface area contributed by atoms with E-state index in [-0.39, 0.29) is 5.91 Å². The van der Waals surface area contributed by atoms with Crippen LogP contribution < -0.4 is 10.2 Å². The molecule has 27 heavy (non-hydrogen) atoms. The topological polar surface area (TPSA) is 67.3 Å². The van der Waals surface area contributed by atoms with Gasteiger partial charge in [-0.25, -0.2) is 5.01 Å². The van der Waals surface area contributed by atoms with E-state index in [1.54, 1.807) is 44.0 Å². The van der Waals surface area contributed by atoms with Gasteiger partial charge in [0.25, 0.3) is 5.91 Å². The molecule has 0 aliphatic carbocycles. The molecule has 1 amide bonds. The van der Waals surface area contributed by atoms with E-state index in [9.17, 15) is 4.79 Å². The molecule has 0 fully saturated rings. The number of pyridine rings is 2. The van der Waals surface area contributed by atoms with Gasteiger partial charge in [0.2, 0.25) is 0 Å². The van der Waals surface area contributed by atoms with Gasteiger partial charge in [0.05, 0.1) is 12.7 Å². The second-order valence-electron chi connectivity index (χ2n) is 6.06. The molecule has 1 aromatic carbocycles. The molecule has 0 saturated heterocycles. The van der Waals surface area contributed by atoms with E-state index in [1.807, 2.05) is 41.4 Å². The van der Waals surface area contributed by atoms with Gasteiger partial charge in [-0.1, -0.05) is 12.1 Å². The van der Waals surface area contributed by atoms with Gasteiger partial charge in [0.15, 0.2) is 0 Å². The summed E-state index contributed by atoms with van der Waals surface area (Å²) in [4.78, 5) is 20.6. The average Bonchev–Trinajstić information content (AvgIpc) is 2.73. The Balaban J connectivity index is 1.67. The van der Waals surface area contributed by atoms with Crippen molar-refractivity contribution in [3.63, 3.8) is 0 Å². The third kappa shape index (κ3) is 5.62. The quantitative estimate of drug-likeness (QED) is 0.624. The third-order valence-corrected chi connectivity index (χ3v) is 4.14. The van der Waals surface area contributed by atoms with Crippen molar-refractivity contribution in [3.8, 4) is 5.75 Å². The van der Waals surface area contributed by atoms with Crippen LogP contribution in [-0.2, 0) is 13.0 Å². The van der Waals surface area contributed by atoms with Crippen LogP contribution >= 0.6 is 0 Å². The number of hydrogen-bond donors (Lipinski definition) is 1. The largest absolute Gasteiger partial charge is 0.497 e. The summed E-state index contributed by atoms with van der Waals surface area (Å²) in [5.41, 5.74) is 5.76. The summed E-state index contributed by atoms with van der Waals surface area (Å²) in [6, 6.07) is 15.3. The second kappa shape index (κ2) is 9.45. The predicted octanol–water partition coefficient (Wildman–Crippen LogP) is 2.87. The van der Waals surface area contributed by atoms with Crippen molar-refractivity contribution in [2.45, 2.75) is 13.0 Å².